The standard InChI is InChI=1S/C16H25N3O2/c17-7-3-6-16(20)18-12-14-4-1-2-5-15(14)13-19-8-10-21-11-9-19/h1-2,4-5H,3,6-13,17H2,(H,18,20). The van der Waals surface area contributed by atoms with Crippen molar-refractivity contribution in [2.75, 3.05) is 32.8 Å². The fourth-order valence-corrected chi connectivity index (χ4v) is 2.43. The van der Waals surface area contributed by atoms with E-state index >= 15 is 0 Å². The summed E-state index contributed by atoms with van der Waals surface area (Å²) >= 11 is 0. The van der Waals surface area contributed by atoms with Gasteiger partial charge in [0.25, 0.3) is 0 Å². The number of amides is 1. The van der Waals surface area contributed by atoms with Gasteiger partial charge in [0.15, 0.2) is 0 Å². The highest BCUT2D eigenvalue weighted by atomic mass is 16.5. The van der Waals surface area contributed by atoms with E-state index in [1.54, 1.807) is 0 Å². The maximum Gasteiger partial charge on any atom is 0.220 e. The molecule has 0 spiro atoms. The molecule has 116 valence electrons. The number of benzene rings is 1. The number of carbonyl (C=O) groups excluding carboxylic acids is 1. The first-order valence-electron chi connectivity index (χ1n) is 7.63. The predicted molar refractivity (Wildman–Crippen MR) is 82.7 cm³/mol. The molecular weight excluding hydrogens is 266 g/mol. The average molecular weight is 291 g/mol. The Morgan fingerprint density at radius 1 is 1.24 bits per heavy atom. The number of hydrogen-bond acceptors (Lipinski definition) is 4. The number of morpholine rings is 1. The minimum Gasteiger partial charge on any atom is -0.379 e. The third-order valence-electron chi connectivity index (χ3n) is 3.70. The maximum absolute atomic E-state index is 11.7. The first-order chi connectivity index (χ1) is 10.3. The molecule has 1 saturated heterocycles. The van der Waals surface area contributed by atoms with Crippen molar-refractivity contribution in [3.05, 3.63) is 35.4 Å². The summed E-state index contributed by atoms with van der Waals surface area (Å²) in [5, 5.41) is 2.97. The van der Waals surface area contributed by atoms with Crippen LogP contribution < -0.4 is 11.1 Å². The first-order valence-corrected chi connectivity index (χ1v) is 7.63. The summed E-state index contributed by atoms with van der Waals surface area (Å²) in [6, 6.07) is 8.29. The zero-order valence-electron chi connectivity index (χ0n) is 12.5. The molecule has 21 heavy (non-hydrogen) atoms. The van der Waals surface area contributed by atoms with Crippen LogP contribution in [-0.4, -0.2) is 43.7 Å². The minimum atomic E-state index is 0.0709. The molecule has 0 aliphatic carbocycles. The third-order valence-corrected chi connectivity index (χ3v) is 3.70. The lowest BCUT2D eigenvalue weighted by molar-refractivity contribution is -0.121. The Balaban J connectivity index is 1.88. The molecule has 1 aromatic carbocycles. The zero-order valence-corrected chi connectivity index (χ0v) is 12.5. The van der Waals surface area contributed by atoms with Crippen molar-refractivity contribution in [1.29, 1.82) is 0 Å². The molecule has 1 amide bonds. The molecule has 1 heterocycles. The maximum atomic E-state index is 11.7. The number of nitrogens with two attached hydrogens (primary N) is 1. The lowest BCUT2D eigenvalue weighted by atomic mass is 10.1. The van der Waals surface area contributed by atoms with Gasteiger partial charge in [-0.25, -0.2) is 0 Å². The van der Waals surface area contributed by atoms with Gasteiger partial charge in [0.2, 0.25) is 5.91 Å². The molecule has 1 fully saturated rings. The summed E-state index contributed by atoms with van der Waals surface area (Å²) in [4.78, 5) is 14.1. The first kappa shape index (κ1) is 15.9. The molecule has 0 aromatic heterocycles. The lowest BCUT2D eigenvalue weighted by Crippen LogP contribution is -2.36. The van der Waals surface area contributed by atoms with Crippen molar-refractivity contribution in [3.8, 4) is 0 Å². The van der Waals surface area contributed by atoms with Crippen molar-refractivity contribution in [2.24, 2.45) is 5.73 Å². The number of ether oxygens (including phenoxy) is 1. The van der Waals surface area contributed by atoms with E-state index in [1.807, 2.05) is 6.07 Å². The Hall–Kier alpha value is -1.43. The van der Waals surface area contributed by atoms with E-state index in [9.17, 15) is 4.79 Å². The highest BCUT2D eigenvalue weighted by Gasteiger charge is 2.12. The van der Waals surface area contributed by atoms with E-state index < -0.39 is 0 Å². The van der Waals surface area contributed by atoms with Crippen LogP contribution in [0.15, 0.2) is 24.3 Å². The van der Waals surface area contributed by atoms with Crippen molar-refractivity contribution in [3.63, 3.8) is 0 Å². The SMILES string of the molecule is NCCCC(=O)NCc1ccccc1CN1CCOCC1. The van der Waals surface area contributed by atoms with Gasteiger partial charge in [0, 0.05) is 32.6 Å². The summed E-state index contributed by atoms with van der Waals surface area (Å²) < 4.78 is 5.38. The van der Waals surface area contributed by atoms with Gasteiger partial charge in [-0.1, -0.05) is 24.3 Å². The summed E-state index contributed by atoms with van der Waals surface area (Å²) in [7, 11) is 0. The van der Waals surface area contributed by atoms with Gasteiger partial charge in [-0.15, -0.1) is 0 Å². The molecule has 0 atom stereocenters. The normalized spacial score (nSPS) is 15.9. The molecule has 0 radical (unpaired) electrons. The van der Waals surface area contributed by atoms with Crippen LogP contribution in [0.3, 0.4) is 0 Å². The quantitative estimate of drug-likeness (QED) is 0.782. The Bertz CT molecular complexity index is 445. The van der Waals surface area contributed by atoms with Crippen molar-refractivity contribution >= 4 is 5.91 Å². The van der Waals surface area contributed by atoms with E-state index in [2.05, 4.69) is 28.4 Å². The average Bonchev–Trinajstić information content (AvgIpc) is 2.53. The van der Waals surface area contributed by atoms with E-state index in [0.29, 0.717) is 19.5 Å². The molecule has 1 aromatic rings. The second kappa shape index (κ2) is 8.77. The molecule has 5 heteroatoms. The zero-order chi connectivity index (χ0) is 14.9. The Morgan fingerprint density at radius 2 is 1.95 bits per heavy atom. The van der Waals surface area contributed by atoms with Crippen molar-refractivity contribution in [1.82, 2.24) is 10.2 Å². The van der Waals surface area contributed by atoms with Gasteiger partial charge in [0.05, 0.1) is 13.2 Å². The summed E-state index contributed by atoms with van der Waals surface area (Å²) in [5.41, 5.74) is 7.88. The van der Waals surface area contributed by atoms with Crippen LogP contribution in [0.5, 0.6) is 0 Å². The van der Waals surface area contributed by atoms with E-state index in [0.717, 1.165) is 39.3 Å². The van der Waals surface area contributed by atoms with Crippen LogP contribution in [0.2, 0.25) is 0 Å². The molecular formula is C16H25N3O2. The Kier molecular flexibility index (Phi) is 6.66. The fraction of sp³-hybridized carbons (Fsp3) is 0.562. The molecule has 0 bridgehead atoms. The topological polar surface area (TPSA) is 67.6 Å². The van der Waals surface area contributed by atoms with Crippen LogP contribution in [0.25, 0.3) is 0 Å². The fourth-order valence-electron chi connectivity index (χ4n) is 2.43. The van der Waals surface area contributed by atoms with Crippen molar-refractivity contribution in [2.45, 2.75) is 25.9 Å². The van der Waals surface area contributed by atoms with Crippen LogP contribution in [-0.2, 0) is 22.6 Å². The van der Waals surface area contributed by atoms with Crippen molar-refractivity contribution < 1.29 is 9.53 Å². The van der Waals surface area contributed by atoms with Gasteiger partial charge in [-0.3, -0.25) is 9.69 Å². The molecule has 0 unspecified atom stereocenters. The molecule has 1 aliphatic heterocycles. The van der Waals surface area contributed by atoms with Gasteiger partial charge in [-0.2, -0.15) is 0 Å². The molecule has 2 rings (SSSR count). The second-order valence-corrected chi connectivity index (χ2v) is 5.33. The second-order valence-electron chi connectivity index (χ2n) is 5.33. The van der Waals surface area contributed by atoms with Gasteiger partial charge < -0.3 is 15.8 Å². The van der Waals surface area contributed by atoms with E-state index in [1.165, 1.54) is 11.1 Å². The molecule has 3 N–H and O–H groups in total. The predicted octanol–water partition coefficient (Wildman–Crippen LogP) is 0.874. The largest absolute Gasteiger partial charge is 0.379 e. The minimum absolute atomic E-state index is 0.0709. The van der Waals surface area contributed by atoms with Crippen LogP contribution in [0.1, 0.15) is 24.0 Å². The lowest BCUT2D eigenvalue weighted by Gasteiger charge is -2.27. The summed E-state index contributed by atoms with van der Waals surface area (Å²) in [5.74, 6) is 0.0709. The number of nitrogens with zero attached hydrogens (tertiary/aromatic N) is 1. The van der Waals surface area contributed by atoms with Gasteiger partial charge in [0.1, 0.15) is 0 Å². The van der Waals surface area contributed by atoms with Gasteiger partial charge >= 0.3 is 0 Å². The van der Waals surface area contributed by atoms with Crippen LogP contribution in [0, 0.1) is 0 Å². The monoisotopic (exact) mass is 291 g/mol. The summed E-state index contributed by atoms with van der Waals surface area (Å²) in [6.07, 6.45) is 1.24. The van der Waals surface area contributed by atoms with Crippen LogP contribution in [0.4, 0.5) is 0 Å². The molecule has 1 aliphatic rings. The Labute approximate surface area is 126 Å². The highest BCUT2D eigenvalue weighted by molar-refractivity contribution is 5.75. The molecule has 0 saturated carbocycles. The van der Waals surface area contributed by atoms with Gasteiger partial charge in [-0.05, 0) is 24.1 Å². The summed E-state index contributed by atoms with van der Waals surface area (Å²) in [6.45, 7) is 5.60. The van der Waals surface area contributed by atoms with E-state index in [4.69, 9.17) is 10.5 Å². The Morgan fingerprint density at radius 3 is 2.67 bits per heavy atom. The highest BCUT2D eigenvalue weighted by Crippen LogP contribution is 2.13. The number of rotatable bonds is 7. The molecule has 5 nitrogen and oxygen atoms in total. The number of nitrogens with one attached hydrogen (secondary N) is 1. The van der Waals surface area contributed by atoms with E-state index in [-0.39, 0.29) is 5.91 Å². The smallest absolute Gasteiger partial charge is 0.220 e. The number of carbonyl (C=O) groups is 1. The third kappa shape index (κ3) is 5.46. The van der Waals surface area contributed by atoms with Crippen LogP contribution >= 0.6 is 0 Å². The number of hydrogen-bond donors (Lipinski definition) is 2.